The Labute approximate surface area is 173 Å². The summed E-state index contributed by atoms with van der Waals surface area (Å²) < 4.78 is 31.1. The highest BCUT2D eigenvalue weighted by molar-refractivity contribution is 7.93. The summed E-state index contributed by atoms with van der Waals surface area (Å²) in [6.45, 7) is 1.03. The fourth-order valence-electron chi connectivity index (χ4n) is 4.32. The molecule has 1 amide bonds. The quantitative estimate of drug-likeness (QED) is 0.628. The fourth-order valence-corrected chi connectivity index (χ4v) is 6.53. The summed E-state index contributed by atoms with van der Waals surface area (Å²) in [6, 6.07) is 6.08. The van der Waals surface area contributed by atoms with Crippen molar-refractivity contribution >= 4 is 27.3 Å². The van der Waals surface area contributed by atoms with E-state index in [2.05, 4.69) is 5.32 Å². The molecule has 156 valence electrons. The van der Waals surface area contributed by atoms with E-state index in [1.165, 1.54) is 31.4 Å². The lowest BCUT2D eigenvalue weighted by atomic mass is 9.98. The van der Waals surface area contributed by atoms with E-state index in [1.807, 2.05) is 0 Å². The van der Waals surface area contributed by atoms with Crippen LogP contribution in [0, 0.1) is 0 Å². The van der Waals surface area contributed by atoms with Crippen LogP contribution in [-0.2, 0) is 19.4 Å². The van der Waals surface area contributed by atoms with Crippen molar-refractivity contribution < 1.29 is 17.9 Å². The normalized spacial score (nSPS) is 20.2. The van der Waals surface area contributed by atoms with Crippen LogP contribution in [0.1, 0.15) is 64.2 Å². The number of hydrogen-bond acceptors (Lipinski definition) is 4. The monoisotopic (exact) mass is 427 g/mol. The zero-order valence-corrected chi connectivity index (χ0v) is 17.9. The predicted octanol–water partition coefficient (Wildman–Crippen LogP) is 4.28. The maximum Gasteiger partial charge on any atom is 0.241 e. The Bertz CT molecular complexity index is 751. The maximum absolute atomic E-state index is 13.3. The van der Waals surface area contributed by atoms with Crippen molar-refractivity contribution in [2.24, 2.45) is 0 Å². The highest BCUT2D eigenvalue weighted by atomic mass is 35.5. The van der Waals surface area contributed by atoms with Gasteiger partial charge in [-0.25, -0.2) is 8.42 Å². The van der Waals surface area contributed by atoms with Crippen LogP contribution in [0.5, 0.6) is 0 Å². The van der Waals surface area contributed by atoms with Gasteiger partial charge in [-0.15, -0.1) is 0 Å². The van der Waals surface area contributed by atoms with Gasteiger partial charge in [-0.1, -0.05) is 43.7 Å². The van der Waals surface area contributed by atoms with Gasteiger partial charge >= 0.3 is 0 Å². The minimum Gasteiger partial charge on any atom is -0.378 e. The van der Waals surface area contributed by atoms with Crippen molar-refractivity contribution in [1.29, 1.82) is 0 Å². The molecule has 0 aromatic heterocycles. The summed E-state index contributed by atoms with van der Waals surface area (Å²) in [6.07, 6.45) is 9.24. The number of halogens is 1. The van der Waals surface area contributed by atoms with Crippen LogP contribution in [0.15, 0.2) is 29.2 Å². The van der Waals surface area contributed by atoms with E-state index in [9.17, 15) is 13.2 Å². The number of rotatable bonds is 8. The number of nitrogens with one attached hydrogen (secondary N) is 1. The predicted molar refractivity (Wildman–Crippen MR) is 110 cm³/mol. The standard InChI is InChI=1S/C21H30ClNO4S/c22-17-9-11-19(12-10-17)28(25,26)21(13-4-5-14-21)20(24)23-15-6-16-27-18-7-2-1-3-8-18/h9-12,18H,1-8,13-16H2,(H,23,24). The summed E-state index contributed by atoms with van der Waals surface area (Å²) >= 11 is 5.89. The third-order valence-electron chi connectivity index (χ3n) is 5.98. The van der Waals surface area contributed by atoms with E-state index in [0.29, 0.717) is 43.5 Å². The van der Waals surface area contributed by atoms with Gasteiger partial charge < -0.3 is 10.1 Å². The smallest absolute Gasteiger partial charge is 0.241 e. The Balaban J connectivity index is 1.58. The minimum absolute atomic E-state index is 0.162. The highest BCUT2D eigenvalue weighted by Crippen LogP contribution is 2.41. The Morgan fingerprint density at radius 1 is 1.07 bits per heavy atom. The molecule has 0 radical (unpaired) electrons. The van der Waals surface area contributed by atoms with Crippen molar-refractivity contribution in [2.45, 2.75) is 80.0 Å². The molecule has 0 atom stereocenters. The third-order valence-corrected chi connectivity index (χ3v) is 8.74. The van der Waals surface area contributed by atoms with Crippen LogP contribution in [-0.4, -0.2) is 38.3 Å². The summed E-state index contributed by atoms with van der Waals surface area (Å²) in [5.74, 6) is -0.377. The average Bonchev–Trinajstić information content (AvgIpc) is 3.21. The van der Waals surface area contributed by atoms with Gasteiger partial charge in [0.1, 0.15) is 0 Å². The maximum atomic E-state index is 13.3. The van der Waals surface area contributed by atoms with Crippen molar-refractivity contribution in [1.82, 2.24) is 5.32 Å². The molecule has 28 heavy (non-hydrogen) atoms. The number of benzene rings is 1. The van der Waals surface area contributed by atoms with Crippen LogP contribution >= 0.6 is 11.6 Å². The van der Waals surface area contributed by atoms with E-state index < -0.39 is 14.6 Å². The summed E-state index contributed by atoms with van der Waals surface area (Å²) in [7, 11) is -3.78. The van der Waals surface area contributed by atoms with Gasteiger partial charge in [-0.05, 0) is 56.4 Å². The van der Waals surface area contributed by atoms with Gasteiger partial charge in [-0.3, -0.25) is 4.79 Å². The molecule has 5 nitrogen and oxygen atoms in total. The number of carbonyl (C=O) groups is 1. The highest BCUT2D eigenvalue weighted by Gasteiger charge is 2.52. The van der Waals surface area contributed by atoms with E-state index in [-0.39, 0.29) is 10.8 Å². The molecule has 0 aliphatic heterocycles. The van der Waals surface area contributed by atoms with E-state index in [4.69, 9.17) is 16.3 Å². The van der Waals surface area contributed by atoms with Gasteiger partial charge in [0.15, 0.2) is 14.6 Å². The van der Waals surface area contributed by atoms with Crippen LogP contribution in [0.2, 0.25) is 5.02 Å². The number of amides is 1. The molecule has 2 aliphatic rings. The lowest BCUT2D eigenvalue weighted by Gasteiger charge is -2.28. The fraction of sp³-hybridized carbons (Fsp3) is 0.667. The molecule has 1 N–H and O–H groups in total. The number of hydrogen-bond donors (Lipinski definition) is 1. The Hall–Kier alpha value is -1.11. The Morgan fingerprint density at radius 3 is 2.36 bits per heavy atom. The van der Waals surface area contributed by atoms with E-state index in [1.54, 1.807) is 12.1 Å². The molecule has 2 aliphatic carbocycles. The molecule has 2 fully saturated rings. The van der Waals surface area contributed by atoms with Crippen LogP contribution in [0.3, 0.4) is 0 Å². The molecule has 0 unspecified atom stereocenters. The zero-order chi connectivity index (χ0) is 20.0. The van der Waals surface area contributed by atoms with E-state index in [0.717, 1.165) is 25.7 Å². The summed E-state index contributed by atoms with van der Waals surface area (Å²) in [5, 5.41) is 3.34. The minimum atomic E-state index is -3.78. The Morgan fingerprint density at radius 2 is 1.71 bits per heavy atom. The number of sulfone groups is 1. The first-order chi connectivity index (χ1) is 13.5. The molecule has 1 aromatic carbocycles. The first-order valence-electron chi connectivity index (χ1n) is 10.4. The van der Waals surface area contributed by atoms with Gasteiger partial charge in [0, 0.05) is 18.2 Å². The molecule has 0 bridgehead atoms. The van der Waals surface area contributed by atoms with Gasteiger partial charge in [-0.2, -0.15) is 0 Å². The van der Waals surface area contributed by atoms with E-state index >= 15 is 0 Å². The molecule has 0 heterocycles. The van der Waals surface area contributed by atoms with Crippen LogP contribution in [0.4, 0.5) is 0 Å². The molecular weight excluding hydrogens is 398 g/mol. The topological polar surface area (TPSA) is 72.5 Å². The first-order valence-corrected chi connectivity index (χ1v) is 12.2. The molecule has 7 heteroatoms. The molecule has 2 saturated carbocycles. The first kappa shape index (κ1) is 21.6. The second-order valence-corrected chi connectivity index (χ2v) is 10.6. The SMILES string of the molecule is O=C(NCCCOC1CCCCC1)C1(S(=O)(=O)c2ccc(Cl)cc2)CCCC1. The molecule has 1 aromatic rings. The largest absolute Gasteiger partial charge is 0.378 e. The molecule has 0 spiro atoms. The summed E-state index contributed by atoms with van der Waals surface area (Å²) in [5.41, 5.74) is 0. The van der Waals surface area contributed by atoms with Gasteiger partial charge in [0.25, 0.3) is 0 Å². The van der Waals surface area contributed by atoms with Crippen molar-refractivity contribution in [2.75, 3.05) is 13.2 Å². The molecule has 0 saturated heterocycles. The Kier molecular flexibility index (Phi) is 7.40. The number of ether oxygens (including phenoxy) is 1. The van der Waals surface area contributed by atoms with Gasteiger partial charge in [0.05, 0.1) is 11.0 Å². The molecule has 3 rings (SSSR count). The van der Waals surface area contributed by atoms with Crippen LogP contribution in [0.25, 0.3) is 0 Å². The van der Waals surface area contributed by atoms with Crippen molar-refractivity contribution in [3.05, 3.63) is 29.3 Å². The van der Waals surface area contributed by atoms with Crippen LogP contribution < -0.4 is 5.32 Å². The van der Waals surface area contributed by atoms with Crippen molar-refractivity contribution in [3.8, 4) is 0 Å². The van der Waals surface area contributed by atoms with Crippen molar-refractivity contribution in [3.63, 3.8) is 0 Å². The lowest BCUT2D eigenvalue weighted by molar-refractivity contribution is -0.123. The number of carbonyl (C=O) groups excluding carboxylic acids is 1. The second kappa shape index (κ2) is 9.59. The van der Waals surface area contributed by atoms with Gasteiger partial charge in [0.2, 0.25) is 5.91 Å². The zero-order valence-electron chi connectivity index (χ0n) is 16.3. The average molecular weight is 428 g/mol. The lowest BCUT2D eigenvalue weighted by Crippen LogP contribution is -2.50. The molecular formula is C21H30ClNO4S. The third kappa shape index (κ3) is 4.71. The second-order valence-electron chi connectivity index (χ2n) is 7.90. The summed E-state index contributed by atoms with van der Waals surface area (Å²) in [4.78, 5) is 13.1.